The number of nitrogens with two attached hydrogens (primary N) is 1. The Morgan fingerprint density at radius 3 is 2.50 bits per heavy atom. The predicted octanol–water partition coefficient (Wildman–Crippen LogP) is 2.03. The summed E-state index contributed by atoms with van der Waals surface area (Å²) in [4.78, 5) is 0. The minimum atomic E-state index is -3.56. The zero-order valence-corrected chi connectivity index (χ0v) is 12.6. The van der Waals surface area contributed by atoms with E-state index in [1.54, 1.807) is 24.3 Å². The first-order chi connectivity index (χ1) is 9.34. The maximum atomic E-state index is 11.4. The van der Waals surface area contributed by atoms with Crippen molar-refractivity contribution >= 4 is 10.0 Å². The molecule has 1 aromatic carbocycles. The molecule has 5 nitrogen and oxygen atoms in total. The van der Waals surface area contributed by atoms with Gasteiger partial charge in [0, 0.05) is 5.41 Å². The van der Waals surface area contributed by atoms with Crippen LogP contribution in [0, 0.1) is 16.7 Å². The highest BCUT2D eigenvalue weighted by Gasteiger charge is 2.32. The molecule has 0 bridgehead atoms. The lowest BCUT2D eigenvalue weighted by Gasteiger charge is -2.30. The maximum Gasteiger partial charge on any atom is 0.209 e. The Morgan fingerprint density at radius 2 is 2.00 bits per heavy atom. The molecule has 0 aromatic heterocycles. The van der Waals surface area contributed by atoms with Crippen molar-refractivity contribution < 1.29 is 13.2 Å². The van der Waals surface area contributed by atoms with Crippen LogP contribution < -0.4 is 9.88 Å². The van der Waals surface area contributed by atoms with Gasteiger partial charge in [-0.1, -0.05) is 19.9 Å². The highest BCUT2D eigenvalue weighted by atomic mass is 32.2. The molecular weight excluding hydrogens is 276 g/mol. The van der Waals surface area contributed by atoms with E-state index in [-0.39, 0.29) is 12.4 Å². The molecule has 0 spiro atoms. The summed E-state index contributed by atoms with van der Waals surface area (Å²) in [6.45, 7) is 4.10. The Bertz CT molecular complexity index is 587. The van der Waals surface area contributed by atoms with Crippen molar-refractivity contribution in [2.45, 2.75) is 26.7 Å². The molecule has 0 fully saturated rings. The normalized spacial score (nSPS) is 11.9. The van der Waals surface area contributed by atoms with Crippen LogP contribution >= 0.6 is 0 Å². The molecule has 0 radical (unpaired) electrons. The van der Waals surface area contributed by atoms with E-state index in [4.69, 9.17) is 15.1 Å². The standard InChI is InChI=1S/C14H20N2O3S/c1-3-14(4-2,11-20(16,17)18)10-19-13-7-5-6-12(8-13)9-15/h5-8H,3-4,10-11H2,1-2H3,(H2,16,17,18). The smallest absolute Gasteiger partial charge is 0.209 e. The summed E-state index contributed by atoms with van der Waals surface area (Å²) in [7, 11) is -3.56. The largest absolute Gasteiger partial charge is 0.493 e. The Hall–Kier alpha value is -1.58. The van der Waals surface area contributed by atoms with Crippen molar-refractivity contribution in [1.29, 1.82) is 5.26 Å². The number of benzene rings is 1. The van der Waals surface area contributed by atoms with Crippen molar-refractivity contribution in [3.05, 3.63) is 29.8 Å². The van der Waals surface area contributed by atoms with Crippen molar-refractivity contribution in [3.63, 3.8) is 0 Å². The van der Waals surface area contributed by atoms with Crippen LogP contribution in [0.2, 0.25) is 0 Å². The summed E-state index contributed by atoms with van der Waals surface area (Å²) < 4.78 is 28.4. The highest BCUT2D eigenvalue weighted by molar-refractivity contribution is 7.89. The molecule has 0 aliphatic heterocycles. The van der Waals surface area contributed by atoms with E-state index in [0.717, 1.165) is 0 Å². The number of ether oxygens (including phenoxy) is 1. The van der Waals surface area contributed by atoms with Crippen LogP contribution in [0.25, 0.3) is 0 Å². The molecule has 0 heterocycles. The Kier molecular flexibility index (Phi) is 5.54. The summed E-state index contributed by atoms with van der Waals surface area (Å²) in [6, 6.07) is 8.82. The number of primary sulfonamides is 1. The van der Waals surface area contributed by atoms with E-state index in [2.05, 4.69) is 0 Å². The van der Waals surface area contributed by atoms with E-state index in [9.17, 15) is 8.42 Å². The fourth-order valence-corrected chi connectivity index (χ4v) is 3.36. The zero-order valence-electron chi connectivity index (χ0n) is 11.8. The third-order valence-electron chi connectivity index (χ3n) is 3.52. The van der Waals surface area contributed by atoms with Gasteiger partial charge in [0.15, 0.2) is 0 Å². The van der Waals surface area contributed by atoms with Crippen molar-refractivity contribution in [2.75, 3.05) is 12.4 Å². The fraction of sp³-hybridized carbons (Fsp3) is 0.500. The van der Waals surface area contributed by atoms with Gasteiger partial charge in [-0.05, 0) is 31.0 Å². The minimum Gasteiger partial charge on any atom is -0.493 e. The van der Waals surface area contributed by atoms with Crippen LogP contribution in [-0.4, -0.2) is 20.8 Å². The summed E-state index contributed by atoms with van der Waals surface area (Å²) in [6.07, 6.45) is 1.30. The van der Waals surface area contributed by atoms with Gasteiger partial charge in [0.25, 0.3) is 0 Å². The molecule has 1 rings (SSSR count). The highest BCUT2D eigenvalue weighted by Crippen LogP contribution is 2.29. The third-order valence-corrected chi connectivity index (χ3v) is 4.53. The third kappa shape index (κ3) is 4.83. The Morgan fingerprint density at radius 1 is 1.35 bits per heavy atom. The first kappa shape index (κ1) is 16.5. The van der Waals surface area contributed by atoms with Gasteiger partial charge in [0.1, 0.15) is 5.75 Å². The van der Waals surface area contributed by atoms with Crippen LogP contribution in [0.1, 0.15) is 32.3 Å². The molecule has 0 saturated carbocycles. The zero-order chi connectivity index (χ0) is 15.2. The second kappa shape index (κ2) is 6.73. The Labute approximate surface area is 120 Å². The minimum absolute atomic E-state index is 0.106. The number of sulfonamides is 1. The van der Waals surface area contributed by atoms with Crippen LogP contribution in [0.15, 0.2) is 24.3 Å². The number of hydrogen-bond donors (Lipinski definition) is 1. The molecule has 1 aromatic rings. The monoisotopic (exact) mass is 296 g/mol. The maximum absolute atomic E-state index is 11.4. The average Bonchev–Trinajstić information content (AvgIpc) is 2.42. The molecule has 0 atom stereocenters. The second-order valence-electron chi connectivity index (χ2n) is 4.94. The molecule has 0 unspecified atom stereocenters. The van der Waals surface area contributed by atoms with Crippen LogP contribution in [0.4, 0.5) is 0 Å². The summed E-state index contributed by atoms with van der Waals surface area (Å²) >= 11 is 0. The topological polar surface area (TPSA) is 93.2 Å². The van der Waals surface area contributed by atoms with Crippen molar-refractivity contribution in [1.82, 2.24) is 0 Å². The molecule has 0 amide bonds. The molecule has 0 aliphatic rings. The van der Waals surface area contributed by atoms with E-state index < -0.39 is 15.4 Å². The number of rotatable bonds is 7. The average molecular weight is 296 g/mol. The van der Waals surface area contributed by atoms with Gasteiger partial charge in [-0.3, -0.25) is 0 Å². The summed E-state index contributed by atoms with van der Waals surface area (Å²) in [5.41, 5.74) is 0.00325. The molecule has 110 valence electrons. The number of hydrogen-bond acceptors (Lipinski definition) is 4. The number of nitrogens with zero attached hydrogens (tertiary/aromatic N) is 1. The van der Waals surface area contributed by atoms with E-state index in [1.165, 1.54) is 0 Å². The first-order valence-electron chi connectivity index (χ1n) is 6.47. The van der Waals surface area contributed by atoms with Gasteiger partial charge in [0.2, 0.25) is 10.0 Å². The molecule has 6 heteroatoms. The van der Waals surface area contributed by atoms with Gasteiger partial charge >= 0.3 is 0 Å². The lowest BCUT2D eigenvalue weighted by atomic mass is 9.85. The van der Waals surface area contributed by atoms with Gasteiger partial charge in [-0.15, -0.1) is 0 Å². The predicted molar refractivity (Wildman–Crippen MR) is 77.6 cm³/mol. The summed E-state index contributed by atoms with van der Waals surface area (Å²) in [5.74, 6) is 0.454. The Balaban J connectivity index is 2.84. The van der Waals surface area contributed by atoms with Gasteiger partial charge in [0.05, 0.1) is 24.0 Å². The van der Waals surface area contributed by atoms with Crippen LogP contribution in [0.3, 0.4) is 0 Å². The van der Waals surface area contributed by atoms with E-state index >= 15 is 0 Å². The lowest BCUT2D eigenvalue weighted by molar-refractivity contribution is 0.154. The van der Waals surface area contributed by atoms with Gasteiger partial charge in [-0.2, -0.15) is 5.26 Å². The fourth-order valence-electron chi connectivity index (χ4n) is 2.02. The van der Waals surface area contributed by atoms with Crippen LogP contribution in [-0.2, 0) is 10.0 Å². The molecule has 0 saturated heterocycles. The van der Waals surface area contributed by atoms with E-state index in [1.807, 2.05) is 19.9 Å². The molecular formula is C14H20N2O3S. The SMILES string of the molecule is CCC(CC)(COc1cccc(C#N)c1)CS(N)(=O)=O. The first-order valence-corrected chi connectivity index (χ1v) is 8.19. The van der Waals surface area contributed by atoms with E-state index in [0.29, 0.717) is 24.2 Å². The number of nitriles is 1. The molecule has 20 heavy (non-hydrogen) atoms. The molecule has 2 N–H and O–H groups in total. The second-order valence-corrected chi connectivity index (χ2v) is 6.56. The van der Waals surface area contributed by atoms with Crippen LogP contribution in [0.5, 0.6) is 5.75 Å². The quantitative estimate of drug-likeness (QED) is 0.833. The summed E-state index contributed by atoms with van der Waals surface area (Å²) in [5, 5.41) is 14.0. The van der Waals surface area contributed by atoms with Gasteiger partial charge in [-0.25, -0.2) is 13.6 Å². The molecule has 0 aliphatic carbocycles. The van der Waals surface area contributed by atoms with Gasteiger partial charge < -0.3 is 4.74 Å². The van der Waals surface area contributed by atoms with Crippen molar-refractivity contribution in [2.24, 2.45) is 10.6 Å². The lowest BCUT2D eigenvalue weighted by Crippen LogP contribution is -2.37. The van der Waals surface area contributed by atoms with Crippen molar-refractivity contribution in [3.8, 4) is 11.8 Å².